The summed E-state index contributed by atoms with van der Waals surface area (Å²) in [4.78, 5) is 30.4. The van der Waals surface area contributed by atoms with E-state index in [0.29, 0.717) is 17.2 Å². The second-order valence-electron chi connectivity index (χ2n) is 7.74. The lowest BCUT2D eigenvalue weighted by atomic mass is 9.90. The number of pyridine rings is 1. The summed E-state index contributed by atoms with van der Waals surface area (Å²) in [6, 6.07) is 11.1. The average molecular weight is 419 g/mol. The predicted octanol–water partition coefficient (Wildman–Crippen LogP) is 2.58. The summed E-state index contributed by atoms with van der Waals surface area (Å²) >= 11 is 0. The number of nitrogens with zero attached hydrogens (tertiary/aromatic N) is 4. The largest absolute Gasteiger partial charge is 0.370 e. The van der Waals surface area contributed by atoms with Gasteiger partial charge >= 0.3 is 0 Å². The van der Waals surface area contributed by atoms with E-state index in [1.807, 2.05) is 25.1 Å². The molecule has 1 aromatic carbocycles. The number of amides is 1. The van der Waals surface area contributed by atoms with Crippen LogP contribution in [0.3, 0.4) is 0 Å². The Morgan fingerprint density at radius 1 is 1.13 bits per heavy atom. The van der Waals surface area contributed by atoms with Crippen molar-refractivity contribution in [1.82, 2.24) is 15.0 Å². The lowest BCUT2D eigenvalue weighted by molar-refractivity contribution is 0.101. The number of aryl methyl sites for hydroxylation is 1. The first-order chi connectivity index (χ1) is 15.0. The van der Waals surface area contributed by atoms with E-state index in [4.69, 9.17) is 11.5 Å². The summed E-state index contributed by atoms with van der Waals surface area (Å²) in [5.41, 5.74) is 13.0. The standard InChI is InChI=1S/C22H26N8O/c1-13-9-10-15-14(12-13)19(27-16-6-2-3-7-17(16)28-22(23)24)30-20(26-15)21(31)29-18-8-4-5-11-25-18/h4-5,8-12,16-17H,2-3,6-7H2,1H3,(H4,23,24,28)(H,25,29,31)(H,26,27,30)/t16-,17+/m0/s1. The van der Waals surface area contributed by atoms with Crippen LogP contribution in [-0.2, 0) is 0 Å². The number of hydrogen-bond acceptors (Lipinski definition) is 6. The van der Waals surface area contributed by atoms with Gasteiger partial charge in [0.05, 0.1) is 17.6 Å². The van der Waals surface area contributed by atoms with Gasteiger partial charge in [-0.1, -0.05) is 30.5 Å². The number of hydrogen-bond donors (Lipinski definition) is 4. The van der Waals surface area contributed by atoms with Gasteiger partial charge in [-0.15, -0.1) is 0 Å². The van der Waals surface area contributed by atoms with E-state index in [1.54, 1.807) is 24.4 Å². The maximum absolute atomic E-state index is 12.8. The maximum atomic E-state index is 12.8. The van der Waals surface area contributed by atoms with Crippen molar-refractivity contribution < 1.29 is 4.79 Å². The van der Waals surface area contributed by atoms with Crippen LogP contribution in [0.4, 0.5) is 11.6 Å². The van der Waals surface area contributed by atoms with E-state index in [2.05, 4.69) is 30.6 Å². The van der Waals surface area contributed by atoms with Crippen molar-refractivity contribution in [1.29, 1.82) is 0 Å². The summed E-state index contributed by atoms with van der Waals surface area (Å²) in [5.74, 6) is 0.766. The molecule has 1 saturated carbocycles. The fourth-order valence-corrected chi connectivity index (χ4v) is 3.86. The number of rotatable bonds is 5. The van der Waals surface area contributed by atoms with Gasteiger partial charge in [0, 0.05) is 11.6 Å². The van der Waals surface area contributed by atoms with E-state index in [-0.39, 0.29) is 23.9 Å². The monoisotopic (exact) mass is 418 g/mol. The van der Waals surface area contributed by atoms with E-state index < -0.39 is 5.91 Å². The van der Waals surface area contributed by atoms with Crippen molar-refractivity contribution >= 4 is 34.4 Å². The first-order valence-electron chi connectivity index (χ1n) is 10.4. The molecule has 31 heavy (non-hydrogen) atoms. The molecule has 2 aromatic heterocycles. The quantitative estimate of drug-likeness (QED) is 0.368. The Labute approximate surface area is 180 Å². The van der Waals surface area contributed by atoms with Crippen molar-refractivity contribution in [2.75, 3.05) is 10.6 Å². The number of anilines is 2. The molecule has 0 bridgehead atoms. The number of fused-ring (bicyclic) bond motifs is 1. The molecule has 2 atom stereocenters. The van der Waals surface area contributed by atoms with Crippen LogP contribution in [-0.4, -0.2) is 38.9 Å². The summed E-state index contributed by atoms with van der Waals surface area (Å²) in [6.45, 7) is 2.01. The van der Waals surface area contributed by atoms with Crippen molar-refractivity contribution in [3.63, 3.8) is 0 Å². The Morgan fingerprint density at radius 2 is 1.97 bits per heavy atom. The van der Waals surface area contributed by atoms with Crippen LogP contribution < -0.4 is 22.1 Å². The Bertz CT molecular complexity index is 1110. The van der Waals surface area contributed by atoms with Gasteiger partial charge in [0.25, 0.3) is 5.91 Å². The lowest BCUT2D eigenvalue weighted by Crippen LogP contribution is -2.38. The Morgan fingerprint density at radius 3 is 2.74 bits per heavy atom. The molecule has 3 aromatic rings. The molecule has 0 aliphatic heterocycles. The number of carbonyl (C=O) groups is 1. The first-order valence-corrected chi connectivity index (χ1v) is 10.4. The third-order valence-electron chi connectivity index (χ3n) is 5.33. The third-order valence-corrected chi connectivity index (χ3v) is 5.33. The summed E-state index contributed by atoms with van der Waals surface area (Å²) in [6.07, 6.45) is 5.56. The van der Waals surface area contributed by atoms with Crippen molar-refractivity contribution in [2.45, 2.75) is 44.7 Å². The van der Waals surface area contributed by atoms with Crippen LogP contribution in [0.5, 0.6) is 0 Å². The fourth-order valence-electron chi connectivity index (χ4n) is 3.86. The van der Waals surface area contributed by atoms with Gasteiger partial charge < -0.3 is 22.1 Å². The van der Waals surface area contributed by atoms with Gasteiger partial charge in [0.1, 0.15) is 11.6 Å². The number of aromatic nitrogens is 3. The van der Waals surface area contributed by atoms with Gasteiger partial charge in [-0.2, -0.15) is 0 Å². The number of nitrogens with one attached hydrogen (secondary N) is 2. The Kier molecular flexibility index (Phi) is 5.92. The van der Waals surface area contributed by atoms with Crippen LogP contribution in [0, 0.1) is 6.92 Å². The van der Waals surface area contributed by atoms with Gasteiger partial charge in [0.15, 0.2) is 5.96 Å². The molecule has 9 nitrogen and oxygen atoms in total. The van der Waals surface area contributed by atoms with E-state index in [1.165, 1.54) is 0 Å². The molecule has 1 fully saturated rings. The molecule has 9 heteroatoms. The van der Waals surface area contributed by atoms with Crippen LogP contribution in [0.15, 0.2) is 47.6 Å². The van der Waals surface area contributed by atoms with E-state index >= 15 is 0 Å². The highest BCUT2D eigenvalue weighted by Gasteiger charge is 2.26. The summed E-state index contributed by atoms with van der Waals surface area (Å²) in [7, 11) is 0. The highest BCUT2D eigenvalue weighted by Crippen LogP contribution is 2.28. The van der Waals surface area contributed by atoms with Crippen LogP contribution in [0.1, 0.15) is 41.9 Å². The zero-order valence-corrected chi connectivity index (χ0v) is 17.4. The third kappa shape index (κ3) is 4.88. The predicted molar refractivity (Wildman–Crippen MR) is 122 cm³/mol. The zero-order chi connectivity index (χ0) is 21.8. The van der Waals surface area contributed by atoms with Gasteiger partial charge in [-0.25, -0.2) is 19.9 Å². The SMILES string of the molecule is Cc1ccc2nc(C(=O)Nc3ccccn3)nc(N[C@H]3CCCC[C@H]3N=C(N)N)c2c1. The van der Waals surface area contributed by atoms with Crippen molar-refractivity contribution in [3.8, 4) is 0 Å². The molecule has 4 rings (SSSR count). The molecule has 1 aliphatic carbocycles. The minimum absolute atomic E-state index is 0.0150. The molecule has 6 N–H and O–H groups in total. The van der Waals surface area contributed by atoms with Crippen LogP contribution in [0.25, 0.3) is 10.9 Å². The van der Waals surface area contributed by atoms with Gasteiger partial charge in [-0.3, -0.25) is 4.79 Å². The fraction of sp³-hybridized carbons (Fsp3) is 0.318. The van der Waals surface area contributed by atoms with Crippen LogP contribution in [0.2, 0.25) is 0 Å². The van der Waals surface area contributed by atoms with Crippen molar-refractivity contribution in [2.24, 2.45) is 16.5 Å². The molecular weight excluding hydrogens is 392 g/mol. The summed E-state index contributed by atoms with van der Waals surface area (Å²) < 4.78 is 0. The number of benzene rings is 1. The molecule has 0 spiro atoms. The minimum atomic E-state index is -0.423. The molecule has 1 amide bonds. The summed E-state index contributed by atoms with van der Waals surface area (Å²) in [5, 5.41) is 7.09. The zero-order valence-electron chi connectivity index (χ0n) is 17.4. The second-order valence-corrected chi connectivity index (χ2v) is 7.74. The molecule has 1 aliphatic rings. The average Bonchev–Trinajstić information content (AvgIpc) is 2.75. The highest BCUT2D eigenvalue weighted by atomic mass is 16.2. The molecule has 2 heterocycles. The molecular formula is C22H26N8O. The normalized spacial score (nSPS) is 18.4. The number of carbonyl (C=O) groups excluding carboxylic acids is 1. The molecule has 0 saturated heterocycles. The van der Waals surface area contributed by atoms with Crippen molar-refractivity contribution in [3.05, 3.63) is 54.0 Å². The van der Waals surface area contributed by atoms with E-state index in [9.17, 15) is 4.79 Å². The molecule has 160 valence electrons. The second kappa shape index (κ2) is 8.95. The minimum Gasteiger partial charge on any atom is -0.370 e. The van der Waals surface area contributed by atoms with Gasteiger partial charge in [0.2, 0.25) is 5.82 Å². The van der Waals surface area contributed by atoms with Crippen LogP contribution >= 0.6 is 0 Å². The Balaban J connectivity index is 1.69. The number of aliphatic imine (C=N–C) groups is 1. The Hall–Kier alpha value is -3.75. The van der Waals surface area contributed by atoms with Gasteiger partial charge in [-0.05, 0) is 44.0 Å². The number of nitrogens with two attached hydrogens (primary N) is 2. The first kappa shape index (κ1) is 20.5. The lowest BCUT2D eigenvalue weighted by Gasteiger charge is -2.30. The van der Waals surface area contributed by atoms with E-state index in [0.717, 1.165) is 36.6 Å². The molecule has 0 unspecified atom stereocenters. The highest BCUT2D eigenvalue weighted by molar-refractivity contribution is 6.03. The smallest absolute Gasteiger partial charge is 0.294 e. The maximum Gasteiger partial charge on any atom is 0.294 e. The molecule has 0 radical (unpaired) electrons. The number of guanidine groups is 1. The topological polar surface area (TPSA) is 144 Å².